The molecule has 2 saturated heterocycles. The molecule has 2 aliphatic heterocycles. The first-order chi connectivity index (χ1) is 17.6. The molecular weight excluding hydrogens is 525 g/mol. The lowest BCUT2D eigenvalue weighted by molar-refractivity contribution is -0.143. The van der Waals surface area contributed by atoms with Crippen molar-refractivity contribution < 1.29 is 45.1 Å². The van der Waals surface area contributed by atoms with Gasteiger partial charge < -0.3 is 14.5 Å². The van der Waals surface area contributed by atoms with E-state index in [9.17, 15) is 40.3 Å². The van der Waals surface area contributed by atoms with Crippen LogP contribution >= 0.6 is 0 Å². The van der Waals surface area contributed by atoms with E-state index in [0.717, 1.165) is 41.1 Å². The Kier molecular flexibility index (Phi) is 7.21. The van der Waals surface area contributed by atoms with Crippen molar-refractivity contribution in [2.75, 3.05) is 56.6 Å². The van der Waals surface area contributed by atoms with E-state index >= 15 is 0 Å². The minimum atomic E-state index is -5.36. The van der Waals surface area contributed by atoms with Gasteiger partial charge in [-0.25, -0.2) is 14.0 Å². The molecule has 0 atom stereocenters. The largest absolute Gasteiger partial charge is 0.420 e. The van der Waals surface area contributed by atoms with Crippen LogP contribution in [-0.4, -0.2) is 68.7 Å². The van der Waals surface area contributed by atoms with Crippen molar-refractivity contribution >= 4 is 23.5 Å². The van der Waals surface area contributed by atoms with Crippen molar-refractivity contribution in [2.45, 2.75) is 12.4 Å². The van der Waals surface area contributed by atoms with Crippen LogP contribution < -0.4 is 14.5 Å². The SMILES string of the molecule is CN1CC(CN2CCN(c3cc(C(F)(F)F)cc(C(F)(F)F)c3OC(=O)N(C)c3ccc(F)cc3)C2=O)C1. The standard InChI is InChI=1S/C24H23F7N4O3/c1-32-11-14(12-32)13-34-7-8-35(21(34)36)19-10-15(23(26,27)28)9-18(24(29,30)31)20(19)38-22(37)33(2)17-5-3-16(25)4-6-17/h3-6,9-10,14H,7-8,11-13H2,1-2H3. The minimum absolute atomic E-state index is 0.0484. The van der Waals surface area contributed by atoms with E-state index in [1.165, 1.54) is 4.90 Å². The number of nitrogens with zero attached hydrogens (tertiary/aromatic N) is 4. The van der Waals surface area contributed by atoms with Gasteiger partial charge >= 0.3 is 24.5 Å². The fourth-order valence-corrected chi connectivity index (χ4v) is 4.45. The number of ether oxygens (including phenoxy) is 1. The number of urea groups is 1. The Morgan fingerprint density at radius 1 is 1.03 bits per heavy atom. The summed E-state index contributed by atoms with van der Waals surface area (Å²) < 4.78 is 101. The average molecular weight is 548 g/mol. The molecule has 2 aromatic rings. The van der Waals surface area contributed by atoms with Crippen molar-refractivity contribution in [1.82, 2.24) is 9.80 Å². The number of likely N-dealkylation sites (tertiary alicyclic amines) is 1. The molecule has 0 spiro atoms. The van der Waals surface area contributed by atoms with Gasteiger partial charge in [0, 0.05) is 51.4 Å². The van der Waals surface area contributed by atoms with Crippen molar-refractivity contribution in [3.05, 3.63) is 53.3 Å². The lowest BCUT2D eigenvalue weighted by atomic mass is 10.0. The number of benzene rings is 2. The highest BCUT2D eigenvalue weighted by Crippen LogP contribution is 2.47. The smallest absolute Gasteiger partial charge is 0.407 e. The highest BCUT2D eigenvalue weighted by molar-refractivity contribution is 5.97. The summed E-state index contributed by atoms with van der Waals surface area (Å²) in [5.41, 5.74) is -4.30. The van der Waals surface area contributed by atoms with Gasteiger partial charge in [0.15, 0.2) is 5.75 Å². The average Bonchev–Trinajstić information content (AvgIpc) is 3.16. The first-order valence-electron chi connectivity index (χ1n) is 11.4. The third-order valence-electron chi connectivity index (χ3n) is 6.38. The zero-order chi connectivity index (χ0) is 28.0. The van der Waals surface area contributed by atoms with E-state index in [1.54, 1.807) is 0 Å². The predicted octanol–water partition coefficient (Wildman–Crippen LogP) is 5.30. The number of carbonyl (C=O) groups is 2. The second-order valence-electron chi connectivity index (χ2n) is 9.24. The Morgan fingerprint density at radius 2 is 1.66 bits per heavy atom. The maximum atomic E-state index is 14.0. The Balaban J connectivity index is 1.73. The molecule has 2 heterocycles. The van der Waals surface area contributed by atoms with Crippen LogP contribution in [0.4, 0.5) is 51.7 Å². The van der Waals surface area contributed by atoms with E-state index in [2.05, 4.69) is 0 Å². The molecule has 3 amide bonds. The number of carbonyl (C=O) groups excluding carboxylic acids is 2. The maximum Gasteiger partial charge on any atom is 0.420 e. The van der Waals surface area contributed by atoms with Gasteiger partial charge in [-0.1, -0.05) is 0 Å². The topological polar surface area (TPSA) is 56.3 Å². The first kappa shape index (κ1) is 27.5. The summed E-state index contributed by atoms with van der Waals surface area (Å²) >= 11 is 0. The van der Waals surface area contributed by atoms with E-state index in [1.807, 2.05) is 11.9 Å². The molecule has 2 aromatic carbocycles. The highest BCUT2D eigenvalue weighted by atomic mass is 19.4. The van der Waals surface area contributed by atoms with Gasteiger partial charge in [-0.2, -0.15) is 26.3 Å². The molecule has 0 radical (unpaired) electrons. The third kappa shape index (κ3) is 5.64. The van der Waals surface area contributed by atoms with E-state index in [-0.39, 0.29) is 37.3 Å². The van der Waals surface area contributed by atoms with Gasteiger partial charge in [0.25, 0.3) is 0 Å². The van der Waals surface area contributed by atoms with E-state index in [0.29, 0.717) is 19.2 Å². The number of rotatable bonds is 5. The Labute approximate surface area is 212 Å². The summed E-state index contributed by atoms with van der Waals surface area (Å²) in [6.45, 7) is 1.54. The van der Waals surface area contributed by atoms with E-state index < -0.39 is 52.9 Å². The van der Waals surface area contributed by atoms with Crippen LogP contribution in [-0.2, 0) is 12.4 Å². The highest BCUT2D eigenvalue weighted by Gasteiger charge is 2.44. The molecular formula is C24H23F7N4O3. The summed E-state index contributed by atoms with van der Waals surface area (Å²) in [6, 6.07) is 3.74. The molecule has 206 valence electrons. The zero-order valence-electron chi connectivity index (χ0n) is 20.2. The normalized spacial score (nSPS) is 17.1. The minimum Gasteiger partial charge on any atom is -0.407 e. The van der Waals surface area contributed by atoms with Crippen LogP contribution in [0.2, 0.25) is 0 Å². The van der Waals surface area contributed by atoms with Gasteiger partial charge in [-0.05, 0) is 43.4 Å². The van der Waals surface area contributed by atoms with E-state index in [4.69, 9.17) is 4.74 Å². The lowest BCUT2D eigenvalue weighted by Gasteiger charge is -2.38. The molecule has 0 unspecified atom stereocenters. The van der Waals surface area contributed by atoms with Crippen LogP contribution in [0.25, 0.3) is 0 Å². The molecule has 0 aromatic heterocycles. The summed E-state index contributed by atoms with van der Waals surface area (Å²) in [5, 5.41) is 0. The van der Waals surface area contributed by atoms with Crippen LogP contribution in [0.1, 0.15) is 11.1 Å². The third-order valence-corrected chi connectivity index (χ3v) is 6.38. The number of amides is 3. The summed E-state index contributed by atoms with van der Waals surface area (Å²) in [7, 11) is 3.00. The van der Waals surface area contributed by atoms with Crippen molar-refractivity contribution in [2.24, 2.45) is 5.92 Å². The Morgan fingerprint density at radius 3 is 2.21 bits per heavy atom. The molecule has 2 fully saturated rings. The number of hydrogen-bond donors (Lipinski definition) is 0. The number of halogens is 7. The van der Waals surface area contributed by atoms with Crippen LogP contribution in [0, 0.1) is 11.7 Å². The van der Waals surface area contributed by atoms with Crippen molar-refractivity contribution in [1.29, 1.82) is 0 Å². The monoisotopic (exact) mass is 548 g/mol. The van der Waals surface area contributed by atoms with Crippen LogP contribution in [0.5, 0.6) is 5.75 Å². The second-order valence-corrected chi connectivity index (χ2v) is 9.24. The lowest BCUT2D eigenvalue weighted by Crippen LogP contribution is -2.50. The Hall–Kier alpha value is -3.55. The summed E-state index contributed by atoms with van der Waals surface area (Å²) in [4.78, 5) is 30.8. The molecule has 0 aliphatic carbocycles. The fourth-order valence-electron chi connectivity index (χ4n) is 4.45. The van der Waals surface area contributed by atoms with Crippen molar-refractivity contribution in [3.8, 4) is 5.75 Å². The predicted molar refractivity (Wildman–Crippen MR) is 123 cm³/mol. The van der Waals surface area contributed by atoms with Gasteiger partial charge in [0.1, 0.15) is 11.4 Å². The maximum absolute atomic E-state index is 14.0. The molecule has 4 rings (SSSR count). The number of hydrogen-bond acceptors (Lipinski definition) is 4. The molecule has 7 nitrogen and oxygen atoms in total. The second kappa shape index (κ2) is 9.97. The molecule has 14 heteroatoms. The molecule has 0 saturated carbocycles. The number of anilines is 2. The molecule has 0 N–H and O–H groups in total. The molecule has 38 heavy (non-hydrogen) atoms. The van der Waals surface area contributed by atoms with Gasteiger partial charge in [-0.15, -0.1) is 0 Å². The fraction of sp³-hybridized carbons (Fsp3) is 0.417. The summed E-state index contributed by atoms with van der Waals surface area (Å²) in [6.07, 6.45) is -11.9. The van der Waals surface area contributed by atoms with Gasteiger partial charge in [-0.3, -0.25) is 9.80 Å². The quantitative estimate of drug-likeness (QED) is 0.476. The summed E-state index contributed by atoms with van der Waals surface area (Å²) in [5.74, 6) is -1.74. The Bertz CT molecular complexity index is 1210. The van der Waals surface area contributed by atoms with Crippen LogP contribution in [0.3, 0.4) is 0 Å². The van der Waals surface area contributed by atoms with Crippen LogP contribution in [0.15, 0.2) is 36.4 Å². The van der Waals surface area contributed by atoms with Crippen molar-refractivity contribution in [3.63, 3.8) is 0 Å². The van der Waals surface area contributed by atoms with Gasteiger partial charge in [0.2, 0.25) is 0 Å². The van der Waals surface area contributed by atoms with Gasteiger partial charge in [0.05, 0.1) is 11.3 Å². The number of alkyl halides is 6. The first-order valence-corrected chi connectivity index (χ1v) is 11.4. The molecule has 2 aliphatic rings. The molecule has 0 bridgehead atoms. The zero-order valence-corrected chi connectivity index (χ0v) is 20.2.